The second kappa shape index (κ2) is 10.8. The van der Waals surface area contributed by atoms with E-state index in [2.05, 4.69) is 25.5 Å². The number of aryl methyl sites for hydroxylation is 1. The molecule has 1 unspecified atom stereocenters. The Morgan fingerprint density at radius 1 is 1.17 bits per heavy atom. The zero-order chi connectivity index (χ0) is 18.6. The Bertz CT molecular complexity index is 806. The van der Waals surface area contributed by atoms with Crippen LogP contribution in [0.15, 0.2) is 12.3 Å². The van der Waals surface area contributed by atoms with Crippen LogP contribution in [0.2, 0.25) is 0 Å². The molecule has 2 aromatic rings. The number of amides is 1. The number of H-pyrrole nitrogens is 1. The lowest BCUT2D eigenvalue weighted by molar-refractivity contribution is 0.0631. The lowest BCUT2D eigenvalue weighted by Gasteiger charge is -2.30. The fraction of sp³-hybridized carbons (Fsp3) is 0.579. The molecule has 0 saturated carbocycles. The number of nitrogens with two attached hydrogens (primary N) is 1. The van der Waals surface area contributed by atoms with E-state index in [1.54, 1.807) is 12.3 Å². The molecule has 1 saturated heterocycles. The van der Waals surface area contributed by atoms with Gasteiger partial charge in [0.15, 0.2) is 5.69 Å². The molecule has 160 valence electrons. The van der Waals surface area contributed by atoms with Gasteiger partial charge in [0, 0.05) is 23.5 Å². The Balaban J connectivity index is 0.00000150. The summed E-state index contributed by atoms with van der Waals surface area (Å²) in [4.78, 5) is 24.1. The van der Waals surface area contributed by atoms with Gasteiger partial charge in [0.2, 0.25) is 0 Å². The maximum atomic E-state index is 13.5. The largest absolute Gasteiger partial charge is 0.384 e. The number of hydrogen-bond donors (Lipinski definition) is 3. The van der Waals surface area contributed by atoms with Crippen LogP contribution in [-0.4, -0.2) is 50.1 Å². The van der Waals surface area contributed by atoms with Gasteiger partial charge < -0.3 is 16.0 Å². The van der Waals surface area contributed by atoms with Gasteiger partial charge in [-0.15, -0.1) is 24.8 Å². The van der Waals surface area contributed by atoms with E-state index < -0.39 is 0 Å². The van der Waals surface area contributed by atoms with Crippen LogP contribution in [0, 0.1) is 0 Å². The summed E-state index contributed by atoms with van der Waals surface area (Å²) in [7, 11) is 0. The summed E-state index contributed by atoms with van der Waals surface area (Å²) in [6.07, 6.45) is 8.73. The third kappa shape index (κ3) is 5.38. The number of nitrogens with zero attached hydrogens (tertiary/aromatic N) is 4. The molecule has 2 aliphatic rings. The van der Waals surface area contributed by atoms with Crippen molar-refractivity contribution in [1.29, 1.82) is 0 Å². The number of anilines is 1. The van der Waals surface area contributed by atoms with Crippen LogP contribution >= 0.6 is 24.8 Å². The zero-order valence-corrected chi connectivity index (χ0v) is 18.0. The molecular weight excluding hydrogens is 413 g/mol. The fourth-order valence-electron chi connectivity index (χ4n) is 4.12. The van der Waals surface area contributed by atoms with Gasteiger partial charge in [-0.1, -0.05) is 0 Å². The third-order valence-electron chi connectivity index (χ3n) is 5.54. The molecule has 1 fully saturated rings. The quantitative estimate of drug-likeness (QED) is 0.670. The maximum absolute atomic E-state index is 13.5. The summed E-state index contributed by atoms with van der Waals surface area (Å²) in [5.74, 6) is 0.976. The Morgan fingerprint density at radius 2 is 2.00 bits per heavy atom. The Morgan fingerprint density at radius 3 is 2.83 bits per heavy atom. The summed E-state index contributed by atoms with van der Waals surface area (Å²) in [5, 5.41) is 10.9. The van der Waals surface area contributed by atoms with Gasteiger partial charge in [0.05, 0.1) is 6.54 Å². The molecule has 1 aliphatic heterocycles. The van der Waals surface area contributed by atoms with Gasteiger partial charge in [-0.05, 0) is 64.1 Å². The van der Waals surface area contributed by atoms with E-state index in [0.29, 0.717) is 23.9 Å². The molecular formula is C19H29Cl2N7O. The highest BCUT2D eigenvalue weighted by atomic mass is 35.5. The molecule has 2 aromatic heterocycles. The number of aromatic nitrogens is 4. The molecule has 8 nitrogen and oxygen atoms in total. The summed E-state index contributed by atoms with van der Waals surface area (Å²) in [6.45, 7) is 2.26. The van der Waals surface area contributed by atoms with E-state index in [1.165, 1.54) is 0 Å². The topological polar surface area (TPSA) is 113 Å². The molecule has 4 N–H and O–H groups in total. The summed E-state index contributed by atoms with van der Waals surface area (Å²) < 4.78 is 0. The van der Waals surface area contributed by atoms with Gasteiger partial charge in [-0.25, -0.2) is 9.97 Å². The van der Waals surface area contributed by atoms with Crippen molar-refractivity contribution in [3.05, 3.63) is 35.0 Å². The molecule has 10 heteroatoms. The molecule has 1 amide bonds. The number of nitrogens with one attached hydrogen (secondary N) is 2. The smallest absolute Gasteiger partial charge is 0.275 e. The molecule has 0 spiro atoms. The van der Waals surface area contributed by atoms with Crippen molar-refractivity contribution in [2.45, 2.75) is 57.5 Å². The predicted molar refractivity (Wildman–Crippen MR) is 117 cm³/mol. The molecule has 29 heavy (non-hydrogen) atoms. The fourth-order valence-corrected chi connectivity index (χ4v) is 4.12. The monoisotopic (exact) mass is 441 g/mol. The van der Waals surface area contributed by atoms with Gasteiger partial charge in [-0.2, -0.15) is 5.10 Å². The van der Waals surface area contributed by atoms with Gasteiger partial charge in [0.25, 0.3) is 5.91 Å². The Hall–Kier alpha value is -1.90. The first-order chi connectivity index (χ1) is 13.2. The minimum Gasteiger partial charge on any atom is -0.384 e. The number of rotatable bonds is 4. The van der Waals surface area contributed by atoms with Crippen molar-refractivity contribution in [3.63, 3.8) is 0 Å². The molecule has 4 rings (SSSR count). The van der Waals surface area contributed by atoms with Gasteiger partial charge in [-0.3, -0.25) is 9.89 Å². The number of aromatic amines is 1. The van der Waals surface area contributed by atoms with Crippen LogP contribution in [0.4, 0.5) is 5.82 Å². The van der Waals surface area contributed by atoms with Crippen LogP contribution in [0.5, 0.6) is 0 Å². The predicted octanol–water partition coefficient (Wildman–Crippen LogP) is 2.29. The minimum atomic E-state index is -0.0210. The average molecular weight is 442 g/mol. The first-order valence-corrected chi connectivity index (χ1v) is 9.87. The molecule has 0 aromatic carbocycles. The Labute approximate surface area is 183 Å². The van der Waals surface area contributed by atoms with Crippen LogP contribution in [0.25, 0.3) is 0 Å². The van der Waals surface area contributed by atoms with Crippen molar-refractivity contribution in [2.24, 2.45) is 0 Å². The summed E-state index contributed by atoms with van der Waals surface area (Å²) >= 11 is 0. The second-order valence-corrected chi connectivity index (χ2v) is 7.40. The molecule has 3 heterocycles. The first-order valence-electron chi connectivity index (χ1n) is 9.87. The van der Waals surface area contributed by atoms with Crippen molar-refractivity contribution in [3.8, 4) is 0 Å². The van der Waals surface area contributed by atoms with Crippen LogP contribution in [-0.2, 0) is 19.4 Å². The van der Waals surface area contributed by atoms with E-state index >= 15 is 0 Å². The highest BCUT2D eigenvalue weighted by Gasteiger charge is 2.31. The molecule has 1 aliphatic carbocycles. The van der Waals surface area contributed by atoms with Crippen LogP contribution < -0.4 is 11.1 Å². The second-order valence-electron chi connectivity index (χ2n) is 7.40. The SMILES string of the molecule is Cl.Cl.Nc1ccnc(CN(C(=O)c2n[nH]c3c2CCCC3)C2CCCNCC2)n1. The van der Waals surface area contributed by atoms with E-state index in [9.17, 15) is 4.79 Å². The lowest BCUT2D eigenvalue weighted by atomic mass is 9.95. The highest BCUT2D eigenvalue weighted by molar-refractivity contribution is 5.94. The standard InChI is InChI=1S/C19H27N7O.2ClH/c20-16-8-11-22-17(23-16)12-26(13-4-3-9-21-10-7-13)19(27)18-14-5-1-2-6-15(14)24-25-18;;/h8,11,13,21H,1-7,9-10,12H2,(H,24,25)(H2,20,22,23);2*1H. The van der Waals surface area contributed by atoms with Crippen molar-refractivity contribution in [2.75, 3.05) is 18.8 Å². The molecule has 1 atom stereocenters. The van der Waals surface area contributed by atoms with Crippen LogP contribution in [0.1, 0.15) is 59.7 Å². The van der Waals surface area contributed by atoms with Crippen LogP contribution in [0.3, 0.4) is 0 Å². The summed E-state index contributed by atoms with van der Waals surface area (Å²) in [6, 6.07) is 1.81. The number of nitrogen functional groups attached to an aromatic ring is 1. The van der Waals surface area contributed by atoms with E-state index in [1.807, 2.05) is 4.90 Å². The molecule has 0 radical (unpaired) electrons. The lowest BCUT2D eigenvalue weighted by Crippen LogP contribution is -2.41. The highest BCUT2D eigenvalue weighted by Crippen LogP contribution is 2.25. The Kier molecular flexibility index (Phi) is 8.67. The van der Waals surface area contributed by atoms with E-state index in [-0.39, 0.29) is 36.8 Å². The van der Waals surface area contributed by atoms with Crippen molar-refractivity contribution >= 4 is 36.5 Å². The number of halogens is 2. The van der Waals surface area contributed by atoms with E-state index in [4.69, 9.17) is 5.73 Å². The van der Waals surface area contributed by atoms with Crippen molar-refractivity contribution in [1.82, 2.24) is 30.4 Å². The van der Waals surface area contributed by atoms with Gasteiger partial charge in [0.1, 0.15) is 11.6 Å². The average Bonchev–Trinajstić information content (AvgIpc) is 2.92. The number of carbonyl (C=O) groups is 1. The number of carbonyl (C=O) groups excluding carboxylic acids is 1. The minimum absolute atomic E-state index is 0. The summed E-state index contributed by atoms with van der Waals surface area (Å²) in [5.41, 5.74) is 8.60. The normalized spacial score (nSPS) is 18.6. The third-order valence-corrected chi connectivity index (χ3v) is 5.54. The first kappa shape index (κ1) is 23.4. The number of hydrogen-bond acceptors (Lipinski definition) is 6. The maximum Gasteiger partial charge on any atom is 0.275 e. The zero-order valence-electron chi connectivity index (χ0n) is 16.4. The number of fused-ring (bicyclic) bond motifs is 1. The van der Waals surface area contributed by atoms with Gasteiger partial charge >= 0.3 is 0 Å². The molecule has 0 bridgehead atoms. The van der Waals surface area contributed by atoms with Crippen molar-refractivity contribution < 1.29 is 4.79 Å². The van der Waals surface area contributed by atoms with E-state index in [0.717, 1.165) is 69.3 Å².